The molecule has 11 heteroatoms. The lowest BCUT2D eigenvalue weighted by Crippen LogP contribution is -2.52. The molecule has 0 saturated heterocycles. The van der Waals surface area contributed by atoms with E-state index in [2.05, 4.69) is 14.6 Å². The topological polar surface area (TPSA) is 81.8 Å². The van der Waals surface area contributed by atoms with E-state index in [1.165, 1.54) is 0 Å². The number of halogens is 5. The first-order valence-electron chi connectivity index (χ1n) is 5.78. The molecule has 0 spiro atoms. The zero-order valence-electron chi connectivity index (χ0n) is 10.6. The number of ether oxygens (including phenoxy) is 2. The van der Waals surface area contributed by atoms with E-state index in [1.54, 1.807) is 0 Å². The molecular formula is C12H4ClF4NO5. The van der Waals surface area contributed by atoms with Gasteiger partial charge in [-0.1, -0.05) is 16.8 Å². The van der Waals surface area contributed by atoms with Crippen LogP contribution in [0.1, 0.15) is 10.5 Å². The summed E-state index contributed by atoms with van der Waals surface area (Å²) in [6.45, 7) is 0. The summed E-state index contributed by atoms with van der Waals surface area (Å²) in [7, 11) is 0. The molecule has 23 heavy (non-hydrogen) atoms. The number of carboxylic acid groups (broad SMARTS) is 1. The molecule has 122 valence electrons. The molecule has 1 aromatic heterocycles. The Bertz CT molecular complexity index is 807. The average molecular weight is 354 g/mol. The molecule has 1 aromatic carbocycles. The Hall–Kier alpha value is -2.49. The number of aromatic carboxylic acids is 1. The standard InChI is InChI=1S/C12H4ClF4NO5/c13-5-2-9-8(21-11(14,15)12(16,17)22-9)1-4(5)7-3-6(10(19)20)18-23-7/h1-3H,(H,19,20). The summed E-state index contributed by atoms with van der Waals surface area (Å²) in [6.07, 6.45) is -9.76. The van der Waals surface area contributed by atoms with Crippen molar-refractivity contribution in [2.75, 3.05) is 0 Å². The molecule has 0 unspecified atom stereocenters. The lowest BCUT2D eigenvalue weighted by Gasteiger charge is -2.32. The number of nitrogens with zero attached hydrogens (tertiary/aromatic N) is 1. The van der Waals surface area contributed by atoms with Crippen molar-refractivity contribution in [3.05, 3.63) is 28.9 Å². The van der Waals surface area contributed by atoms with Gasteiger partial charge in [0.1, 0.15) is 0 Å². The summed E-state index contributed by atoms with van der Waals surface area (Å²) in [5, 5.41) is 11.8. The summed E-state index contributed by atoms with van der Waals surface area (Å²) in [6, 6.07) is 2.65. The van der Waals surface area contributed by atoms with Crippen molar-refractivity contribution in [3.63, 3.8) is 0 Å². The van der Waals surface area contributed by atoms with Crippen LogP contribution in [0, 0.1) is 0 Å². The van der Waals surface area contributed by atoms with E-state index in [0.29, 0.717) is 0 Å². The van der Waals surface area contributed by atoms with Crippen LogP contribution < -0.4 is 9.47 Å². The molecule has 3 rings (SSSR count). The number of aromatic nitrogens is 1. The molecule has 1 N–H and O–H groups in total. The Morgan fingerprint density at radius 3 is 2.17 bits per heavy atom. The molecule has 0 bridgehead atoms. The van der Waals surface area contributed by atoms with Gasteiger partial charge in [0.15, 0.2) is 23.0 Å². The Balaban J connectivity index is 2.07. The molecule has 0 amide bonds. The van der Waals surface area contributed by atoms with Crippen molar-refractivity contribution in [1.82, 2.24) is 5.16 Å². The van der Waals surface area contributed by atoms with E-state index < -0.39 is 35.4 Å². The first-order valence-corrected chi connectivity index (χ1v) is 6.16. The van der Waals surface area contributed by atoms with E-state index >= 15 is 0 Å². The van der Waals surface area contributed by atoms with Crippen LogP contribution in [-0.4, -0.2) is 28.4 Å². The highest BCUT2D eigenvalue weighted by atomic mass is 35.5. The minimum Gasteiger partial charge on any atom is -0.476 e. The van der Waals surface area contributed by atoms with Crippen LogP contribution in [0.15, 0.2) is 22.7 Å². The minimum atomic E-state index is -4.89. The van der Waals surface area contributed by atoms with Crippen molar-refractivity contribution in [1.29, 1.82) is 0 Å². The van der Waals surface area contributed by atoms with Gasteiger partial charge in [0.05, 0.1) is 5.02 Å². The number of carbonyl (C=O) groups is 1. The molecule has 0 radical (unpaired) electrons. The van der Waals surface area contributed by atoms with Crippen LogP contribution in [0.3, 0.4) is 0 Å². The second kappa shape index (κ2) is 4.75. The van der Waals surface area contributed by atoms with E-state index in [0.717, 1.165) is 18.2 Å². The summed E-state index contributed by atoms with van der Waals surface area (Å²) in [5.41, 5.74) is -0.544. The van der Waals surface area contributed by atoms with E-state index in [9.17, 15) is 22.4 Å². The maximum Gasteiger partial charge on any atom is 0.507 e. The summed E-state index contributed by atoms with van der Waals surface area (Å²) in [4.78, 5) is 10.7. The first-order chi connectivity index (χ1) is 10.6. The smallest absolute Gasteiger partial charge is 0.476 e. The quantitative estimate of drug-likeness (QED) is 0.830. The van der Waals surface area contributed by atoms with Gasteiger partial charge in [-0.05, 0) is 6.07 Å². The Morgan fingerprint density at radius 2 is 1.65 bits per heavy atom. The molecule has 1 aliphatic heterocycles. The fourth-order valence-electron chi connectivity index (χ4n) is 1.78. The highest BCUT2D eigenvalue weighted by Crippen LogP contribution is 2.49. The van der Waals surface area contributed by atoms with Gasteiger partial charge in [-0.15, -0.1) is 0 Å². The molecule has 0 fully saturated rings. The van der Waals surface area contributed by atoms with Gasteiger partial charge in [-0.2, -0.15) is 17.6 Å². The third kappa shape index (κ3) is 2.44. The van der Waals surface area contributed by atoms with Gasteiger partial charge < -0.3 is 19.1 Å². The Kier molecular flexibility index (Phi) is 3.18. The molecule has 2 heterocycles. The lowest BCUT2D eigenvalue weighted by molar-refractivity contribution is -0.391. The van der Waals surface area contributed by atoms with E-state index in [1.807, 2.05) is 0 Å². The fraction of sp³-hybridized carbons (Fsp3) is 0.167. The summed E-state index contributed by atoms with van der Waals surface area (Å²) < 4.78 is 65.1. The highest BCUT2D eigenvalue weighted by Gasteiger charge is 2.66. The summed E-state index contributed by atoms with van der Waals surface area (Å²) >= 11 is 5.85. The SMILES string of the molecule is O=C(O)c1cc(-c2cc3c(cc2Cl)OC(F)(F)C(F)(F)O3)on1. The maximum absolute atomic E-state index is 13.2. The van der Waals surface area contributed by atoms with E-state index in [-0.39, 0.29) is 16.3 Å². The molecular weight excluding hydrogens is 350 g/mol. The van der Waals surface area contributed by atoms with Crippen LogP contribution in [0.2, 0.25) is 5.02 Å². The third-order valence-electron chi connectivity index (χ3n) is 2.84. The first kappa shape index (κ1) is 15.4. The van der Waals surface area contributed by atoms with Gasteiger partial charge in [0.25, 0.3) is 0 Å². The third-order valence-corrected chi connectivity index (χ3v) is 3.16. The number of alkyl halides is 4. The highest BCUT2D eigenvalue weighted by molar-refractivity contribution is 6.33. The van der Waals surface area contributed by atoms with Crippen LogP contribution >= 0.6 is 11.6 Å². The Labute approximate surface area is 129 Å². The molecule has 2 aromatic rings. The zero-order valence-corrected chi connectivity index (χ0v) is 11.4. The predicted molar refractivity (Wildman–Crippen MR) is 65.1 cm³/mol. The molecule has 0 aliphatic carbocycles. The molecule has 6 nitrogen and oxygen atoms in total. The number of hydrogen-bond acceptors (Lipinski definition) is 5. The van der Waals surface area contributed by atoms with Gasteiger partial charge in [-0.3, -0.25) is 0 Å². The predicted octanol–water partition coefficient (Wildman–Crippen LogP) is 3.65. The number of carboxylic acids is 1. The number of fused-ring (bicyclic) bond motifs is 1. The van der Waals surface area contributed by atoms with Crippen LogP contribution in [0.25, 0.3) is 11.3 Å². The van der Waals surface area contributed by atoms with Crippen molar-refractivity contribution >= 4 is 17.6 Å². The van der Waals surface area contributed by atoms with Crippen molar-refractivity contribution < 1.29 is 41.5 Å². The van der Waals surface area contributed by atoms with Crippen LogP contribution in [-0.2, 0) is 0 Å². The number of hydrogen-bond donors (Lipinski definition) is 1. The number of rotatable bonds is 2. The van der Waals surface area contributed by atoms with Gasteiger partial charge in [-0.25, -0.2) is 4.79 Å². The fourth-order valence-corrected chi connectivity index (χ4v) is 2.03. The molecule has 0 atom stereocenters. The van der Waals surface area contributed by atoms with Crippen LogP contribution in [0.5, 0.6) is 11.5 Å². The second-order valence-corrected chi connectivity index (χ2v) is 4.81. The second-order valence-electron chi connectivity index (χ2n) is 4.40. The zero-order chi connectivity index (χ0) is 17.0. The average Bonchev–Trinajstić information content (AvgIpc) is 2.89. The van der Waals surface area contributed by atoms with Gasteiger partial charge >= 0.3 is 18.2 Å². The van der Waals surface area contributed by atoms with Gasteiger partial charge in [0.2, 0.25) is 0 Å². The minimum absolute atomic E-state index is 0.0879. The Morgan fingerprint density at radius 1 is 1.09 bits per heavy atom. The normalized spacial score (nSPS) is 17.8. The van der Waals surface area contributed by atoms with Crippen molar-refractivity contribution in [3.8, 4) is 22.8 Å². The molecule has 1 aliphatic rings. The van der Waals surface area contributed by atoms with E-state index in [4.69, 9.17) is 21.2 Å². The molecule has 0 saturated carbocycles. The maximum atomic E-state index is 13.2. The van der Waals surface area contributed by atoms with Crippen molar-refractivity contribution in [2.45, 2.75) is 12.2 Å². The largest absolute Gasteiger partial charge is 0.507 e. The number of benzene rings is 1. The summed E-state index contributed by atoms with van der Waals surface area (Å²) in [5.74, 6) is -2.99. The van der Waals surface area contributed by atoms with Crippen LogP contribution in [0.4, 0.5) is 17.6 Å². The van der Waals surface area contributed by atoms with Gasteiger partial charge in [0, 0.05) is 17.7 Å². The monoisotopic (exact) mass is 353 g/mol. The van der Waals surface area contributed by atoms with Crippen molar-refractivity contribution in [2.24, 2.45) is 0 Å². The lowest BCUT2D eigenvalue weighted by atomic mass is 10.1.